The average Bonchev–Trinajstić information content (AvgIpc) is 3.11. The molecule has 0 spiro atoms. The van der Waals surface area contributed by atoms with E-state index in [-0.39, 0.29) is 18.3 Å². The summed E-state index contributed by atoms with van der Waals surface area (Å²) in [5, 5.41) is 9.96. The number of rotatable bonds is 4. The van der Waals surface area contributed by atoms with Crippen LogP contribution in [0.25, 0.3) is 11.3 Å². The zero-order valence-corrected chi connectivity index (χ0v) is 14.3. The molecule has 0 saturated carbocycles. The number of H-pyrrole nitrogens is 1. The number of carbonyl (C=O) groups excluding carboxylic acids is 1. The van der Waals surface area contributed by atoms with Gasteiger partial charge in [0.15, 0.2) is 0 Å². The summed E-state index contributed by atoms with van der Waals surface area (Å²) >= 11 is 0. The number of aryl methyl sites for hydroxylation is 1. The molecule has 2 N–H and O–H groups in total. The fourth-order valence-electron chi connectivity index (χ4n) is 3.32. The average molecular weight is 351 g/mol. The van der Waals surface area contributed by atoms with Crippen LogP contribution in [0.15, 0.2) is 42.5 Å². The first-order valence-corrected chi connectivity index (χ1v) is 8.43. The van der Waals surface area contributed by atoms with E-state index < -0.39 is 0 Å². The van der Waals surface area contributed by atoms with Gasteiger partial charge in [-0.3, -0.25) is 9.89 Å². The minimum Gasteiger partial charge on any atom is -0.497 e. The van der Waals surface area contributed by atoms with Crippen LogP contribution in [0.5, 0.6) is 5.75 Å². The molecule has 5 nitrogen and oxygen atoms in total. The molecule has 4 rings (SSSR count). The Bertz CT molecular complexity index is 981. The van der Waals surface area contributed by atoms with Crippen LogP contribution in [0.3, 0.4) is 0 Å². The molecule has 1 aliphatic carbocycles. The van der Waals surface area contributed by atoms with Gasteiger partial charge in [-0.2, -0.15) is 5.10 Å². The third-order valence-corrected chi connectivity index (χ3v) is 4.70. The first-order valence-electron chi connectivity index (χ1n) is 8.43. The van der Waals surface area contributed by atoms with Gasteiger partial charge in [-0.15, -0.1) is 0 Å². The lowest BCUT2D eigenvalue weighted by atomic mass is 9.89. The first-order chi connectivity index (χ1) is 12.7. The minimum atomic E-state index is -0.331. The number of amides is 1. The van der Waals surface area contributed by atoms with Crippen LogP contribution in [0.4, 0.5) is 4.39 Å². The summed E-state index contributed by atoms with van der Waals surface area (Å²) in [6.07, 6.45) is 1.53. The Balaban J connectivity index is 1.57. The van der Waals surface area contributed by atoms with Gasteiger partial charge < -0.3 is 10.1 Å². The predicted molar refractivity (Wildman–Crippen MR) is 95.6 cm³/mol. The number of hydrogen-bond acceptors (Lipinski definition) is 3. The van der Waals surface area contributed by atoms with E-state index in [1.54, 1.807) is 25.3 Å². The van der Waals surface area contributed by atoms with Crippen LogP contribution in [-0.4, -0.2) is 23.2 Å². The SMILES string of the molecule is COc1ccc2c(c1)CCc1c-2n[nH]c1C(=O)NCc1ccccc1F. The molecule has 0 radical (unpaired) electrons. The molecule has 26 heavy (non-hydrogen) atoms. The molecule has 0 unspecified atom stereocenters. The molecule has 1 heterocycles. The van der Waals surface area contributed by atoms with Gasteiger partial charge in [0.25, 0.3) is 5.91 Å². The highest BCUT2D eigenvalue weighted by Crippen LogP contribution is 2.35. The Labute approximate surface area is 150 Å². The highest BCUT2D eigenvalue weighted by Gasteiger charge is 2.25. The number of aromatic nitrogens is 2. The highest BCUT2D eigenvalue weighted by molar-refractivity contribution is 5.96. The van der Waals surface area contributed by atoms with Crippen LogP contribution in [0.1, 0.15) is 27.2 Å². The zero-order valence-electron chi connectivity index (χ0n) is 14.3. The van der Waals surface area contributed by atoms with Gasteiger partial charge in [-0.25, -0.2) is 4.39 Å². The first kappa shape index (κ1) is 16.3. The molecule has 0 atom stereocenters. The number of carbonyl (C=O) groups is 1. The fourth-order valence-corrected chi connectivity index (χ4v) is 3.32. The number of hydrogen-bond donors (Lipinski definition) is 2. The number of nitrogens with one attached hydrogen (secondary N) is 2. The van der Waals surface area contributed by atoms with Crippen molar-refractivity contribution in [3.05, 3.63) is 70.7 Å². The Morgan fingerprint density at radius 3 is 2.92 bits per heavy atom. The summed E-state index contributed by atoms with van der Waals surface area (Å²) in [4.78, 5) is 12.5. The summed E-state index contributed by atoms with van der Waals surface area (Å²) in [5.74, 6) is 0.201. The number of methoxy groups -OCH3 is 1. The second kappa shape index (κ2) is 6.63. The molecular weight excluding hydrogens is 333 g/mol. The lowest BCUT2D eigenvalue weighted by Crippen LogP contribution is -2.25. The predicted octanol–water partition coefficient (Wildman–Crippen LogP) is 3.25. The van der Waals surface area contributed by atoms with E-state index >= 15 is 0 Å². The van der Waals surface area contributed by atoms with Gasteiger partial charge in [0, 0.05) is 23.2 Å². The van der Waals surface area contributed by atoms with Crippen molar-refractivity contribution in [1.82, 2.24) is 15.5 Å². The molecule has 1 amide bonds. The molecule has 0 saturated heterocycles. The summed E-state index contributed by atoms with van der Waals surface area (Å²) in [5.41, 5.74) is 4.75. The number of nitrogens with zero attached hydrogens (tertiary/aromatic N) is 1. The van der Waals surface area contributed by atoms with Gasteiger partial charge in [0.1, 0.15) is 17.3 Å². The minimum absolute atomic E-state index is 0.132. The maximum absolute atomic E-state index is 13.7. The van der Waals surface area contributed by atoms with Crippen LogP contribution in [0.2, 0.25) is 0 Å². The van der Waals surface area contributed by atoms with E-state index in [2.05, 4.69) is 15.5 Å². The molecule has 2 aromatic carbocycles. The normalized spacial score (nSPS) is 12.2. The van der Waals surface area contributed by atoms with Gasteiger partial charge in [-0.05, 0) is 42.7 Å². The number of ether oxygens (including phenoxy) is 1. The fraction of sp³-hybridized carbons (Fsp3) is 0.200. The van der Waals surface area contributed by atoms with Gasteiger partial charge in [0.2, 0.25) is 0 Å². The van der Waals surface area contributed by atoms with Crippen molar-refractivity contribution in [2.24, 2.45) is 0 Å². The van der Waals surface area contributed by atoms with Crippen molar-refractivity contribution >= 4 is 5.91 Å². The lowest BCUT2D eigenvalue weighted by molar-refractivity contribution is 0.0944. The number of fused-ring (bicyclic) bond motifs is 3. The second-order valence-electron chi connectivity index (χ2n) is 6.22. The van der Waals surface area contributed by atoms with Crippen LogP contribution >= 0.6 is 0 Å². The van der Waals surface area contributed by atoms with Crippen LogP contribution in [0, 0.1) is 5.82 Å². The van der Waals surface area contributed by atoms with E-state index in [0.29, 0.717) is 17.7 Å². The maximum Gasteiger partial charge on any atom is 0.269 e. The van der Waals surface area contributed by atoms with Crippen LogP contribution < -0.4 is 10.1 Å². The molecule has 1 aromatic heterocycles. The topological polar surface area (TPSA) is 67.0 Å². The molecule has 3 aromatic rings. The Kier molecular flexibility index (Phi) is 4.16. The van der Waals surface area contributed by atoms with Crippen LogP contribution in [-0.2, 0) is 19.4 Å². The monoisotopic (exact) mass is 351 g/mol. The van der Waals surface area contributed by atoms with Crippen molar-refractivity contribution in [3.63, 3.8) is 0 Å². The van der Waals surface area contributed by atoms with E-state index in [9.17, 15) is 9.18 Å². The van der Waals surface area contributed by atoms with Gasteiger partial charge in [-0.1, -0.05) is 18.2 Å². The molecular formula is C20H18FN3O2. The molecule has 0 aliphatic heterocycles. The van der Waals surface area contributed by atoms with Crippen molar-refractivity contribution < 1.29 is 13.9 Å². The van der Waals surface area contributed by atoms with E-state index in [1.165, 1.54) is 6.07 Å². The van der Waals surface area contributed by atoms with E-state index in [1.807, 2.05) is 18.2 Å². The summed E-state index contributed by atoms with van der Waals surface area (Å²) in [6, 6.07) is 12.3. The Morgan fingerprint density at radius 2 is 2.12 bits per heavy atom. The van der Waals surface area contributed by atoms with E-state index in [0.717, 1.165) is 34.6 Å². The Morgan fingerprint density at radius 1 is 1.27 bits per heavy atom. The van der Waals surface area contributed by atoms with Crippen molar-refractivity contribution in [1.29, 1.82) is 0 Å². The molecule has 132 valence electrons. The zero-order chi connectivity index (χ0) is 18.1. The number of halogens is 1. The maximum atomic E-state index is 13.7. The number of aromatic amines is 1. The smallest absolute Gasteiger partial charge is 0.269 e. The standard InChI is InChI=1S/C20H18FN3O2/c1-26-14-7-9-15-12(10-14)6-8-16-18(15)23-24-19(16)20(25)22-11-13-4-2-3-5-17(13)21/h2-5,7,9-10H,6,8,11H2,1H3,(H,22,25)(H,23,24). The van der Waals surface area contributed by atoms with Gasteiger partial charge >= 0.3 is 0 Å². The molecule has 0 fully saturated rings. The summed E-state index contributed by atoms with van der Waals surface area (Å²) in [7, 11) is 1.64. The summed E-state index contributed by atoms with van der Waals surface area (Å²) < 4.78 is 19.0. The second-order valence-corrected chi connectivity index (χ2v) is 6.22. The molecule has 0 bridgehead atoms. The highest BCUT2D eigenvalue weighted by atomic mass is 19.1. The van der Waals surface area contributed by atoms with Crippen molar-refractivity contribution in [2.75, 3.05) is 7.11 Å². The third-order valence-electron chi connectivity index (χ3n) is 4.70. The van der Waals surface area contributed by atoms with E-state index in [4.69, 9.17) is 4.74 Å². The number of benzene rings is 2. The lowest BCUT2D eigenvalue weighted by Gasteiger charge is -2.17. The quantitative estimate of drug-likeness (QED) is 0.758. The van der Waals surface area contributed by atoms with Crippen molar-refractivity contribution in [3.8, 4) is 17.0 Å². The van der Waals surface area contributed by atoms with Gasteiger partial charge in [0.05, 0.1) is 12.8 Å². The summed E-state index contributed by atoms with van der Waals surface area (Å²) in [6.45, 7) is 0.132. The molecule has 1 aliphatic rings. The Hall–Kier alpha value is -3.15. The van der Waals surface area contributed by atoms with Crippen molar-refractivity contribution in [2.45, 2.75) is 19.4 Å². The third kappa shape index (κ3) is 2.83. The largest absolute Gasteiger partial charge is 0.497 e. The molecule has 6 heteroatoms.